The fourth-order valence-electron chi connectivity index (χ4n) is 4.69. The number of carbonyl (C=O) groups is 3. The maximum atomic E-state index is 13.1. The van der Waals surface area contributed by atoms with Crippen molar-refractivity contribution in [2.24, 2.45) is 5.92 Å². The topological polar surface area (TPSA) is 91.7 Å². The van der Waals surface area contributed by atoms with Crippen LogP contribution in [0.3, 0.4) is 0 Å². The maximum Gasteiger partial charge on any atom is 0.289 e. The van der Waals surface area contributed by atoms with Crippen LogP contribution in [0.4, 0.5) is 0 Å². The van der Waals surface area contributed by atoms with Crippen molar-refractivity contribution < 1.29 is 18.8 Å². The van der Waals surface area contributed by atoms with Crippen LogP contribution in [0.5, 0.6) is 0 Å². The molecule has 1 aromatic heterocycles. The summed E-state index contributed by atoms with van der Waals surface area (Å²) in [6.07, 6.45) is 5.87. The second-order valence-corrected chi connectivity index (χ2v) is 8.28. The van der Waals surface area contributed by atoms with Crippen LogP contribution in [0.1, 0.15) is 70.8 Å². The molecule has 2 atom stereocenters. The van der Waals surface area contributed by atoms with Gasteiger partial charge in [0.2, 0.25) is 5.91 Å². The third-order valence-electron chi connectivity index (χ3n) is 6.25. The van der Waals surface area contributed by atoms with Crippen molar-refractivity contribution in [2.75, 3.05) is 26.2 Å². The van der Waals surface area contributed by atoms with Gasteiger partial charge in [-0.1, -0.05) is 0 Å². The first-order chi connectivity index (χ1) is 13.5. The second-order valence-electron chi connectivity index (χ2n) is 8.28. The maximum absolute atomic E-state index is 13.1. The van der Waals surface area contributed by atoms with Gasteiger partial charge in [0, 0.05) is 38.0 Å². The molecular formula is C21H29N3O4. The molecule has 1 aliphatic carbocycles. The molecule has 2 N–H and O–H groups in total. The fourth-order valence-corrected chi connectivity index (χ4v) is 4.69. The average molecular weight is 387 g/mol. The Kier molecular flexibility index (Phi) is 5.53. The van der Waals surface area contributed by atoms with Crippen molar-refractivity contribution >= 4 is 17.6 Å². The number of fused-ring (bicyclic) bond motifs is 1. The van der Waals surface area contributed by atoms with Gasteiger partial charge in [-0.3, -0.25) is 14.4 Å². The number of furan rings is 1. The molecular weight excluding hydrogens is 358 g/mol. The number of amides is 2. The number of ketones is 1. The van der Waals surface area contributed by atoms with Crippen LogP contribution in [0.2, 0.25) is 0 Å². The summed E-state index contributed by atoms with van der Waals surface area (Å²) >= 11 is 0. The number of aryl methyl sites for hydroxylation is 1. The lowest BCUT2D eigenvalue weighted by Crippen LogP contribution is -2.46. The lowest BCUT2D eigenvalue weighted by molar-refractivity contribution is -0.123. The Morgan fingerprint density at radius 2 is 2.07 bits per heavy atom. The van der Waals surface area contributed by atoms with E-state index < -0.39 is 0 Å². The highest BCUT2D eigenvalue weighted by Crippen LogP contribution is 2.30. The number of Topliss-reactive ketones (excluding diaryl/α,β-unsaturated/α-hetero) is 1. The standard InChI is InChI=1S/C21H29N3O4/c1-13-18-16(25)7-2-8-17(18)28-19(13)21(27)24-10-4-5-14(12-24)11-23-20(26)15-6-3-9-22-15/h14-15,22H,2-12H2,1H3,(H,23,26). The van der Waals surface area contributed by atoms with Crippen molar-refractivity contribution in [2.45, 2.75) is 57.9 Å². The lowest BCUT2D eigenvalue weighted by atomic mass is 9.93. The van der Waals surface area contributed by atoms with Crippen LogP contribution >= 0.6 is 0 Å². The first-order valence-corrected chi connectivity index (χ1v) is 10.5. The van der Waals surface area contributed by atoms with Gasteiger partial charge in [-0.2, -0.15) is 0 Å². The molecule has 0 spiro atoms. The smallest absolute Gasteiger partial charge is 0.289 e. The minimum Gasteiger partial charge on any atom is -0.455 e. The monoisotopic (exact) mass is 387 g/mol. The molecule has 1 aromatic rings. The Labute approximate surface area is 165 Å². The van der Waals surface area contributed by atoms with E-state index in [4.69, 9.17) is 4.42 Å². The fraction of sp³-hybridized carbons (Fsp3) is 0.667. The zero-order valence-electron chi connectivity index (χ0n) is 16.5. The van der Waals surface area contributed by atoms with Gasteiger partial charge >= 0.3 is 0 Å². The highest BCUT2D eigenvalue weighted by molar-refractivity contribution is 6.03. The summed E-state index contributed by atoms with van der Waals surface area (Å²) in [4.78, 5) is 39.3. The first-order valence-electron chi connectivity index (χ1n) is 10.5. The average Bonchev–Trinajstić information content (AvgIpc) is 3.35. The summed E-state index contributed by atoms with van der Waals surface area (Å²) in [5, 5.41) is 6.25. The molecule has 7 heteroatoms. The predicted octanol–water partition coefficient (Wildman–Crippen LogP) is 1.83. The lowest BCUT2D eigenvalue weighted by Gasteiger charge is -2.32. The van der Waals surface area contributed by atoms with Crippen molar-refractivity contribution in [3.05, 3.63) is 22.6 Å². The molecule has 2 amide bonds. The van der Waals surface area contributed by atoms with Gasteiger partial charge in [0.1, 0.15) is 5.76 Å². The number of piperidine rings is 1. The van der Waals surface area contributed by atoms with E-state index in [0.29, 0.717) is 48.7 Å². The third kappa shape index (κ3) is 3.72. The van der Waals surface area contributed by atoms with E-state index in [-0.39, 0.29) is 29.6 Å². The van der Waals surface area contributed by atoms with Gasteiger partial charge < -0.3 is 20.0 Å². The summed E-state index contributed by atoms with van der Waals surface area (Å²) in [6, 6.07) is -0.0732. The Hall–Kier alpha value is -2.15. The molecule has 2 unspecified atom stereocenters. The van der Waals surface area contributed by atoms with Gasteiger partial charge in [0.25, 0.3) is 5.91 Å². The minimum absolute atomic E-state index is 0.0639. The Balaban J connectivity index is 1.38. The summed E-state index contributed by atoms with van der Waals surface area (Å²) < 4.78 is 5.83. The molecule has 4 rings (SSSR count). The van der Waals surface area contributed by atoms with Crippen LogP contribution in [0.15, 0.2) is 4.42 Å². The van der Waals surface area contributed by atoms with Crippen molar-refractivity contribution in [1.82, 2.24) is 15.5 Å². The van der Waals surface area contributed by atoms with E-state index in [2.05, 4.69) is 10.6 Å². The molecule has 2 fully saturated rings. The molecule has 0 aromatic carbocycles. The van der Waals surface area contributed by atoms with Gasteiger partial charge in [-0.15, -0.1) is 0 Å². The number of nitrogens with one attached hydrogen (secondary N) is 2. The van der Waals surface area contributed by atoms with Crippen molar-refractivity contribution in [1.29, 1.82) is 0 Å². The van der Waals surface area contributed by atoms with Crippen LogP contribution in [0, 0.1) is 12.8 Å². The number of hydrogen-bond donors (Lipinski definition) is 2. The van der Waals surface area contributed by atoms with Crippen LogP contribution < -0.4 is 10.6 Å². The quantitative estimate of drug-likeness (QED) is 0.822. The molecule has 0 bridgehead atoms. The van der Waals surface area contributed by atoms with Crippen molar-refractivity contribution in [3.8, 4) is 0 Å². The summed E-state index contributed by atoms with van der Waals surface area (Å²) in [7, 11) is 0. The SMILES string of the molecule is Cc1c(C(=O)N2CCCC(CNC(=O)C3CCCN3)C2)oc2c1C(=O)CCC2. The molecule has 0 radical (unpaired) electrons. The molecule has 2 aliphatic heterocycles. The zero-order valence-corrected chi connectivity index (χ0v) is 16.5. The van der Waals surface area contributed by atoms with Gasteiger partial charge in [0.15, 0.2) is 11.5 Å². The number of nitrogens with zero attached hydrogens (tertiary/aromatic N) is 1. The largest absolute Gasteiger partial charge is 0.455 e. The van der Waals surface area contributed by atoms with E-state index >= 15 is 0 Å². The normalized spacial score (nSPS) is 24.9. The molecule has 2 saturated heterocycles. The zero-order chi connectivity index (χ0) is 19.7. The van der Waals surface area contributed by atoms with Gasteiger partial charge in [-0.05, 0) is 51.5 Å². The van der Waals surface area contributed by atoms with E-state index in [1.807, 2.05) is 11.8 Å². The molecule has 152 valence electrons. The predicted molar refractivity (Wildman–Crippen MR) is 103 cm³/mol. The highest BCUT2D eigenvalue weighted by atomic mass is 16.4. The molecule has 3 heterocycles. The molecule has 0 saturated carbocycles. The van der Waals surface area contributed by atoms with E-state index in [1.165, 1.54) is 0 Å². The number of carbonyl (C=O) groups excluding carboxylic acids is 3. The van der Waals surface area contributed by atoms with E-state index in [9.17, 15) is 14.4 Å². The van der Waals surface area contributed by atoms with E-state index in [0.717, 1.165) is 45.1 Å². The summed E-state index contributed by atoms with van der Waals surface area (Å²) in [6.45, 7) is 4.60. The number of rotatable bonds is 4. The van der Waals surface area contributed by atoms with Crippen molar-refractivity contribution in [3.63, 3.8) is 0 Å². The van der Waals surface area contributed by atoms with Crippen LogP contribution in [-0.4, -0.2) is 54.7 Å². The van der Waals surface area contributed by atoms with Crippen LogP contribution in [-0.2, 0) is 11.2 Å². The molecule has 28 heavy (non-hydrogen) atoms. The summed E-state index contributed by atoms with van der Waals surface area (Å²) in [5.74, 6) is 1.25. The molecule has 7 nitrogen and oxygen atoms in total. The second kappa shape index (κ2) is 8.07. The minimum atomic E-state index is -0.131. The van der Waals surface area contributed by atoms with E-state index in [1.54, 1.807) is 0 Å². The van der Waals surface area contributed by atoms with Gasteiger partial charge in [0.05, 0.1) is 11.6 Å². The Morgan fingerprint density at radius 1 is 1.21 bits per heavy atom. The van der Waals surface area contributed by atoms with Gasteiger partial charge in [-0.25, -0.2) is 0 Å². The summed E-state index contributed by atoms with van der Waals surface area (Å²) in [5.41, 5.74) is 1.31. The van der Waals surface area contributed by atoms with Crippen LogP contribution in [0.25, 0.3) is 0 Å². The number of hydrogen-bond acceptors (Lipinski definition) is 5. The number of likely N-dealkylation sites (tertiary alicyclic amines) is 1. The molecule has 3 aliphatic rings. The Morgan fingerprint density at radius 3 is 2.82 bits per heavy atom. The third-order valence-corrected chi connectivity index (χ3v) is 6.25. The first kappa shape index (κ1) is 19.2. The Bertz CT molecular complexity index is 779. The highest BCUT2D eigenvalue weighted by Gasteiger charge is 2.33.